The standard InChI is InChI=1S/C18H23N3O2S/c1-3-15-12-24-17(20-15)14-6-5-9-21(11-14)18(22)13(2)23-16-7-4-8-19-10-16/h4,7-8,10,12-14H,3,5-6,9,11H2,1-2H3/t13-,14-/m1/s1. The molecular formula is C18H23N3O2S. The van der Waals surface area contributed by atoms with Gasteiger partial charge in [-0.05, 0) is 38.3 Å². The van der Waals surface area contributed by atoms with Crippen LogP contribution >= 0.6 is 11.3 Å². The van der Waals surface area contributed by atoms with Gasteiger partial charge in [0.25, 0.3) is 5.91 Å². The minimum Gasteiger partial charge on any atom is -0.479 e. The molecule has 3 rings (SSSR count). The normalized spacial score (nSPS) is 19.1. The molecule has 1 amide bonds. The van der Waals surface area contributed by atoms with Crippen molar-refractivity contribution in [2.45, 2.75) is 45.1 Å². The summed E-state index contributed by atoms with van der Waals surface area (Å²) >= 11 is 1.72. The molecule has 2 aromatic heterocycles. The van der Waals surface area contributed by atoms with Gasteiger partial charge in [-0.15, -0.1) is 11.3 Å². The van der Waals surface area contributed by atoms with Gasteiger partial charge in [-0.1, -0.05) is 6.92 Å². The van der Waals surface area contributed by atoms with E-state index in [1.807, 2.05) is 11.0 Å². The molecule has 128 valence electrons. The molecular weight excluding hydrogens is 322 g/mol. The van der Waals surface area contributed by atoms with E-state index in [4.69, 9.17) is 9.72 Å². The van der Waals surface area contributed by atoms with Crippen LogP contribution in [0.15, 0.2) is 29.9 Å². The minimum absolute atomic E-state index is 0.0378. The Bertz CT molecular complexity index is 674. The number of pyridine rings is 1. The molecule has 1 fully saturated rings. The molecule has 0 radical (unpaired) electrons. The molecule has 0 bridgehead atoms. The van der Waals surface area contributed by atoms with Crippen LogP contribution in [0.25, 0.3) is 0 Å². The van der Waals surface area contributed by atoms with Gasteiger partial charge < -0.3 is 9.64 Å². The van der Waals surface area contributed by atoms with Gasteiger partial charge in [0.2, 0.25) is 0 Å². The van der Waals surface area contributed by atoms with Crippen LogP contribution in [0.5, 0.6) is 5.75 Å². The number of hydrogen-bond donors (Lipinski definition) is 0. The molecule has 1 aliphatic rings. The molecule has 5 nitrogen and oxygen atoms in total. The van der Waals surface area contributed by atoms with Crippen LogP contribution in [0, 0.1) is 0 Å². The van der Waals surface area contributed by atoms with Crippen molar-refractivity contribution in [3.05, 3.63) is 40.6 Å². The van der Waals surface area contributed by atoms with Gasteiger partial charge in [0, 0.05) is 30.6 Å². The lowest BCUT2D eigenvalue weighted by Gasteiger charge is -2.33. The van der Waals surface area contributed by atoms with Crippen LogP contribution in [0.2, 0.25) is 0 Å². The molecule has 0 aromatic carbocycles. The van der Waals surface area contributed by atoms with Crippen LogP contribution < -0.4 is 4.74 Å². The maximum Gasteiger partial charge on any atom is 0.263 e. The maximum atomic E-state index is 12.7. The molecule has 0 aliphatic carbocycles. The zero-order valence-corrected chi connectivity index (χ0v) is 15.0. The Morgan fingerprint density at radius 3 is 3.12 bits per heavy atom. The SMILES string of the molecule is CCc1csc([C@@H]2CCCN(C(=O)[C@@H](C)Oc3cccnc3)C2)n1. The molecule has 0 unspecified atom stereocenters. The van der Waals surface area contributed by atoms with Crippen molar-refractivity contribution < 1.29 is 9.53 Å². The second-order valence-corrected chi connectivity index (χ2v) is 6.99. The second-order valence-electron chi connectivity index (χ2n) is 6.10. The van der Waals surface area contributed by atoms with E-state index in [9.17, 15) is 4.79 Å². The minimum atomic E-state index is -0.504. The molecule has 0 saturated carbocycles. The van der Waals surface area contributed by atoms with Gasteiger partial charge in [0.15, 0.2) is 6.10 Å². The summed E-state index contributed by atoms with van der Waals surface area (Å²) in [5.74, 6) is 1.01. The molecule has 3 heterocycles. The molecule has 24 heavy (non-hydrogen) atoms. The smallest absolute Gasteiger partial charge is 0.263 e. The Balaban J connectivity index is 1.62. The average molecular weight is 345 g/mol. The largest absolute Gasteiger partial charge is 0.479 e. The number of hydrogen-bond acceptors (Lipinski definition) is 5. The first-order valence-corrected chi connectivity index (χ1v) is 9.35. The van der Waals surface area contributed by atoms with Gasteiger partial charge in [-0.3, -0.25) is 9.78 Å². The number of likely N-dealkylation sites (tertiary alicyclic amines) is 1. The fourth-order valence-corrected chi connectivity index (χ4v) is 4.01. The van der Waals surface area contributed by atoms with E-state index in [1.54, 1.807) is 36.7 Å². The first-order valence-electron chi connectivity index (χ1n) is 8.47. The van der Waals surface area contributed by atoms with Crippen LogP contribution in [0.1, 0.15) is 43.3 Å². The second kappa shape index (κ2) is 7.75. The van der Waals surface area contributed by atoms with E-state index >= 15 is 0 Å². The predicted octanol–water partition coefficient (Wildman–Crippen LogP) is 3.27. The van der Waals surface area contributed by atoms with Gasteiger partial charge in [0.05, 0.1) is 16.9 Å². The average Bonchev–Trinajstić information content (AvgIpc) is 3.11. The Morgan fingerprint density at radius 1 is 1.54 bits per heavy atom. The molecule has 1 aliphatic heterocycles. The summed E-state index contributed by atoms with van der Waals surface area (Å²) in [4.78, 5) is 23.3. The molecule has 6 heteroatoms. The number of piperidine rings is 1. The number of ether oxygens (including phenoxy) is 1. The van der Waals surface area contributed by atoms with Crippen LogP contribution in [0.4, 0.5) is 0 Å². The highest BCUT2D eigenvalue weighted by atomic mass is 32.1. The maximum absolute atomic E-state index is 12.7. The molecule has 0 spiro atoms. The van der Waals surface area contributed by atoms with Crippen LogP contribution in [-0.4, -0.2) is 40.0 Å². The Labute approximate surface area is 146 Å². The number of nitrogens with zero attached hydrogens (tertiary/aromatic N) is 3. The van der Waals surface area contributed by atoms with E-state index in [-0.39, 0.29) is 5.91 Å². The molecule has 2 aromatic rings. The number of carbonyl (C=O) groups excluding carboxylic acids is 1. The van der Waals surface area contributed by atoms with Crippen molar-refractivity contribution >= 4 is 17.2 Å². The number of amides is 1. The van der Waals surface area contributed by atoms with Crippen LogP contribution in [-0.2, 0) is 11.2 Å². The van der Waals surface area contributed by atoms with E-state index in [0.717, 1.165) is 43.1 Å². The summed E-state index contributed by atoms with van der Waals surface area (Å²) in [5.41, 5.74) is 1.15. The summed E-state index contributed by atoms with van der Waals surface area (Å²) in [6, 6.07) is 3.62. The first-order chi connectivity index (χ1) is 11.7. The van der Waals surface area contributed by atoms with Crippen molar-refractivity contribution in [3.63, 3.8) is 0 Å². The number of carbonyl (C=O) groups is 1. The van der Waals surface area contributed by atoms with Crippen molar-refractivity contribution in [3.8, 4) is 5.75 Å². The lowest BCUT2D eigenvalue weighted by atomic mass is 9.98. The molecule has 0 N–H and O–H groups in total. The lowest BCUT2D eigenvalue weighted by molar-refractivity contribution is -0.139. The summed E-state index contributed by atoms with van der Waals surface area (Å²) in [7, 11) is 0. The van der Waals surface area contributed by atoms with Crippen molar-refractivity contribution in [1.82, 2.24) is 14.9 Å². The fraction of sp³-hybridized carbons (Fsp3) is 0.500. The van der Waals surface area contributed by atoms with E-state index in [1.165, 1.54) is 0 Å². The number of thiazole rings is 1. The van der Waals surface area contributed by atoms with E-state index in [0.29, 0.717) is 11.7 Å². The highest BCUT2D eigenvalue weighted by Gasteiger charge is 2.29. The summed E-state index contributed by atoms with van der Waals surface area (Å²) in [6.45, 7) is 5.45. The van der Waals surface area contributed by atoms with Crippen molar-refractivity contribution in [2.24, 2.45) is 0 Å². The van der Waals surface area contributed by atoms with Crippen LogP contribution in [0.3, 0.4) is 0 Å². The third-order valence-corrected chi connectivity index (χ3v) is 5.37. The van der Waals surface area contributed by atoms with Gasteiger partial charge in [-0.2, -0.15) is 0 Å². The van der Waals surface area contributed by atoms with E-state index in [2.05, 4.69) is 17.3 Å². The number of aromatic nitrogens is 2. The molecule has 1 saturated heterocycles. The van der Waals surface area contributed by atoms with Gasteiger partial charge >= 0.3 is 0 Å². The highest BCUT2D eigenvalue weighted by molar-refractivity contribution is 7.09. The zero-order valence-electron chi connectivity index (χ0n) is 14.1. The summed E-state index contributed by atoms with van der Waals surface area (Å²) in [5, 5.41) is 3.29. The Hall–Kier alpha value is -1.95. The third kappa shape index (κ3) is 3.93. The highest BCUT2D eigenvalue weighted by Crippen LogP contribution is 2.29. The zero-order chi connectivity index (χ0) is 16.9. The van der Waals surface area contributed by atoms with Gasteiger partial charge in [-0.25, -0.2) is 4.98 Å². The van der Waals surface area contributed by atoms with Gasteiger partial charge in [0.1, 0.15) is 5.75 Å². The predicted molar refractivity (Wildman–Crippen MR) is 94.4 cm³/mol. The summed E-state index contributed by atoms with van der Waals surface area (Å²) in [6.07, 6.45) is 5.88. The van der Waals surface area contributed by atoms with Crippen molar-refractivity contribution in [2.75, 3.05) is 13.1 Å². The Morgan fingerprint density at radius 2 is 2.42 bits per heavy atom. The number of aryl methyl sites for hydroxylation is 1. The Kier molecular flexibility index (Phi) is 5.45. The topological polar surface area (TPSA) is 55.3 Å². The summed E-state index contributed by atoms with van der Waals surface area (Å²) < 4.78 is 5.73. The lowest BCUT2D eigenvalue weighted by Crippen LogP contribution is -2.45. The van der Waals surface area contributed by atoms with Crippen molar-refractivity contribution in [1.29, 1.82) is 0 Å². The van der Waals surface area contributed by atoms with E-state index < -0.39 is 6.10 Å². The fourth-order valence-electron chi connectivity index (χ4n) is 2.98. The molecule has 2 atom stereocenters. The number of rotatable bonds is 5. The monoisotopic (exact) mass is 345 g/mol. The first kappa shape index (κ1) is 16.9. The quantitative estimate of drug-likeness (QED) is 0.834. The third-order valence-electron chi connectivity index (χ3n) is 4.31.